The summed E-state index contributed by atoms with van der Waals surface area (Å²) in [6.45, 7) is 3.08. The normalized spacial score (nSPS) is 17.6. The summed E-state index contributed by atoms with van der Waals surface area (Å²) in [7, 11) is 0. The van der Waals surface area contributed by atoms with Crippen molar-refractivity contribution in [3.63, 3.8) is 0 Å². The van der Waals surface area contributed by atoms with Crippen molar-refractivity contribution in [2.24, 2.45) is 5.73 Å². The smallest absolute Gasteiger partial charge is 0.142 e. The number of nitrogens with zero attached hydrogens (tertiary/aromatic N) is 2. The second-order valence-electron chi connectivity index (χ2n) is 4.17. The highest BCUT2D eigenvalue weighted by Crippen LogP contribution is 2.14. The summed E-state index contributed by atoms with van der Waals surface area (Å²) in [5.74, 6) is 2.50. The van der Waals surface area contributed by atoms with Gasteiger partial charge in [0.15, 0.2) is 0 Å². The summed E-state index contributed by atoms with van der Waals surface area (Å²) in [5.41, 5.74) is 7.24. The minimum Gasteiger partial charge on any atom is -0.382 e. The van der Waals surface area contributed by atoms with E-state index in [1.165, 1.54) is 17.9 Å². The number of pyridine rings is 1. The molecule has 0 aliphatic carbocycles. The molecule has 1 aliphatic rings. The average Bonchev–Trinajstić information content (AvgIpc) is 2.58. The van der Waals surface area contributed by atoms with Crippen LogP contribution in [0.1, 0.15) is 17.7 Å². The molecule has 0 aromatic carbocycles. The molecule has 2 heterocycles. The van der Waals surface area contributed by atoms with Crippen molar-refractivity contribution in [2.75, 3.05) is 24.6 Å². The van der Waals surface area contributed by atoms with Crippen LogP contribution < -0.4 is 5.73 Å². The number of nitrogens with one attached hydrogen (secondary N) is 1. The number of nitrogen functional groups attached to an aromatic ring is 1. The molecule has 0 unspecified atom stereocenters. The molecule has 0 spiro atoms. The quantitative estimate of drug-likeness (QED) is 0.627. The van der Waals surface area contributed by atoms with Gasteiger partial charge in [0, 0.05) is 25.0 Å². The predicted molar refractivity (Wildman–Crippen MR) is 72.5 cm³/mol. The summed E-state index contributed by atoms with van der Waals surface area (Å²) in [5, 5.41) is 7.53. The fraction of sp³-hybridized carbons (Fsp3) is 0.500. The van der Waals surface area contributed by atoms with Crippen molar-refractivity contribution >= 4 is 17.6 Å². The Morgan fingerprint density at radius 1 is 1.47 bits per heavy atom. The van der Waals surface area contributed by atoms with Gasteiger partial charge in [-0.15, -0.1) is 0 Å². The van der Waals surface area contributed by atoms with E-state index in [-0.39, 0.29) is 5.84 Å². The molecular formula is C12H18N4S. The van der Waals surface area contributed by atoms with E-state index in [4.69, 9.17) is 11.1 Å². The van der Waals surface area contributed by atoms with E-state index < -0.39 is 0 Å². The molecule has 0 atom stereocenters. The summed E-state index contributed by atoms with van der Waals surface area (Å²) in [4.78, 5) is 6.61. The SMILES string of the molecule is N=C(N)c1ncccc1CN1CCCSCC1. The van der Waals surface area contributed by atoms with E-state index in [2.05, 4.69) is 9.88 Å². The number of rotatable bonds is 3. The van der Waals surface area contributed by atoms with E-state index in [1.807, 2.05) is 23.9 Å². The van der Waals surface area contributed by atoms with Crippen LogP contribution in [0.15, 0.2) is 18.3 Å². The fourth-order valence-electron chi connectivity index (χ4n) is 2.01. The highest BCUT2D eigenvalue weighted by atomic mass is 32.2. The maximum Gasteiger partial charge on any atom is 0.142 e. The highest BCUT2D eigenvalue weighted by molar-refractivity contribution is 7.99. The third-order valence-corrected chi connectivity index (χ3v) is 3.90. The topological polar surface area (TPSA) is 66.0 Å². The zero-order chi connectivity index (χ0) is 12.1. The Morgan fingerprint density at radius 3 is 3.18 bits per heavy atom. The molecule has 2 rings (SSSR count). The van der Waals surface area contributed by atoms with Gasteiger partial charge in [-0.25, -0.2) is 0 Å². The van der Waals surface area contributed by atoms with E-state index in [0.717, 1.165) is 25.2 Å². The summed E-state index contributed by atoms with van der Waals surface area (Å²) >= 11 is 2.02. The number of thioether (sulfide) groups is 1. The van der Waals surface area contributed by atoms with E-state index >= 15 is 0 Å². The maximum absolute atomic E-state index is 7.53. The van der Waals surface area contributed by atoms with Crippen LogP contribution in [0.25, 0.3) is 0 Å². The van der Waals surface area contributed by atoms with Gasteiger partial charge in [0.1, 0.15) is 11.5 Å². The molecule has 92 valence electrons. The lowest BCUT2D eigenvalue weighted by molar-refractivity contribution is 0.287. The van der Waals surface area contributed by atoms with Crippen molar-refractivity contribution in [2.45, 2.75) is 13.0 Å². The van der Waals surface area contributed by atoms with Gasteiger partial charge in [0.25, 0.3) is 0 Å². The molecule has 1 fully saturated rings. The van der Waals surface area contributed by atoms with Crippen LogP contribution in [0.2, 0.25) is 0 Å². The fourth-order valence-corrected chi connectivity index (χ4v) is 2.93. The summed E-state index contributed by atoms with van der Waals surface area (Å²) in [6, 6.07) is 3.93. The minimum atomic E-state index is 0.0600. The van der Waals surface area contributed by atoms with Crippen LogP contribution in [0.5, 0.6) is 0 Å². The first-order valence-electron chi connectivity index (χ1n) is 5.86. The van der Waals surface area contributed by atoms with Crippen molar-refractivity contribution in [3.05, 3.63) is 29.6 Å². The van der Waals surface area contributed by atoms with Gasteiger partial charge in [0.05, 0.1) is 0 Å². The van der Waals surface area contributed by atoms with Crippen LogP contribution in [0.4, 0.5) is 0 Å². The molecule has 0 radical (unpaired) electrons. The molecule has 0 bridgehead atoms. The monoisotopic (exact) mass is 250 g/mol. The van der Waals surface area contributed by atoms with Gasteiger partial charge in [-0.2, -0.15) is 11.8 Å². The third-order valence-electron chi connectivity index (χ3n) is 2.86. The number of amidine groups is 1. The van der Waals surface area contributed by atoms with E-state index in [9.17, 15) is 0 Å². The Hall–Kier alpha value is -1.07. The van der Waals surface area contributed by atoms with E-state index in [1.54, 1.807) is 6.20 Å². The Balaban J connectivity index is 2.09. The molecular weight excluding hydrogens is 232 g/mol. The molecule has 1 aliphatic heterocycles. The number of hydrogen-bond acceptors (Lipinski definition) is 4. The van der Waals surface area contributed by atoms with Gasteiger partial charge >= 0.3 is 0 Å². The van der Waals surface area contributed by atoms with E-state index in [0.29, 0.717) is 5.69 Å². The lowest BCUT2D eigenvalue weighted by atomic mass is 10.1. The highest BCUT2D eigenvalue weighted by Gasteiger charge is 2.13. The van der Waals surface area contributed by atoms with Crippen LogP contribution >= 0.6 is 11.8 Å². The van der Waals surface area contributed by atoms with Crippen molar-refractivity contribution < 1.29 is 0 Å². The molecule has 17 heavy (non-hydrogen) atoms. The number of hydrogen-bond donors (Lipinski definition) is 2. The summed E-state index contributed by atoms with van der Waals surface area (Å²) < 4.78 is 0. The third kappa shape index (κ3) is 3.44. The van der Waals surface area contributed by atoms with Gasteiger partial charge in [-0.05, 0) is 30.3 Å². The molecule has 1 saturated heterocycles. The Bertz CT molecular complexity index is 386. The van der Waals surface area contributed by atoms with Crippen LogP contribution in [-0.4, -0.2) is 40.3 Å². The van der Waals surface area contributed by atoms with Gasteiger partial charge in [-0.3, -0.25) is 15.3 Å². The molecule has 1 aromatic rings. The Morgan fingerprint density at radius 2 is 2.35 bits per heavy atom. The molecule has 5 heteroatoms. The van der Waals surface area contributed by atoms with Gasteiger partial charge in [0.2, 0.25) is 0 Å². The molecule has 4 nitrogen and oxygen atoms in total. The Kier molecular flexibility index (Phi) is 4.39. The van der Waals surface area contributed by atoms with Crippen LogP contribution in [-0.2, 0) is 6.54 Å². The van der Waals surface area contributed by atoms with Crippen molar-refractivity contribution in [3.8, 4) is 0 Å². The number of nitrogens with two attached hydrogens (primary N) is 1. The zero-order valence-electron chi connectivity index (χ0n) is 9.85. The van der Waals surface area contributed by atoms with Crippen LogP contribution in [0, 0.1) is 5.41 Å². The second-order valence-corrected chi connectivity index (χ2v) is 5.39. The predicted octanol–water partition coefficient (Wildman–Crippen LogP) is 1.30. The molecule has 1 aromatic heterocycles. The Labute approximate surface area is 106 Å². The van der Waals surface area contributed by atoms with Gasteiger partial charge in [-0.1, -0.05) is 6.07 Å². The average molecular weight is 250 g/mol. The van der Waals surface area contributed by atoms with Crippen molar-refractivity contribution in [1.29, 1.82) is 5.41 Å². The number of aromatic nitrogens is 1. The first-order valence-corrected chi connectivity index (χ1v) is 7.01. The largest absolute Gasteiger partial charge is 0.382 e. The lowest BCUT2D eigenvalue weighted by Gasteiger charge is -2.20. The molecule has 0 amide bonds. The molecule has 3 N–H and O–H groups in total. The van der Waals surface area contributed by atoms with Crippen molar-refractivity contribution in [1.82, 2.24) is 9.88 Å². The lowest BCUT2D eigenvalue weighted by Crippen LogP contribution is -2.27. The minimum absolute atomic E-state index is 0.0600. The standard InChI is InChI=1S/C12H18N4S/c13-12(14)11-10(3-1-4-15-11)9-16-5-2-7-17-8-6-16/h1,3-4H,2,5-9H2,(H3,13,14). The first kappa shape index (κ1) is 12.4. The van der Waals surface area contributed by atoms with Crippen LogP contribution in [0.3, 0.4) is 0 Å². The van der Waals surface area contributed by atoms with Gasteiger partial charge < -0.3 is 5.73 Å². The summed E-state index contributed by atoms with van der Waals surface area (Å²) in [6.07, 6.45) is 2.93. The first-order chi connectivity index (χ1) is 8.27. The second kappa shape index (κ2) is 6.02. The maximum atomic E-state index is 7.53. The zero-order valence-corrected chi connectivity index (χ0v) is 10.7. The molecule has 0 saturated carbocycles.